The van der Waals surface area contributed by atoms with Crippen molar-refractivity contribution in [3.05, 3.63) is 65.2 Å². The van der Waals surface area contributed by atoms with E-state index in [2.05, 4.69) is 15.6 Å². The highest BCUT2D eigenvalue weighted by atomic mass is 32.2. The molecule has 8 heteroatoms. The number of hydrogen-bond donors (Lipinski definition) is 2. The Morgan fingerprint density at radius 2 is 1.77 bits per heavy atom. The van der Waals surface area contributed by atoms with Crippen LogP contribution in [0.3, 0.4) is 0 Å². The molecule has 0 aliphatic heterocycles. The fourth-order valence-electron chi connectivity index (χ4n) is 3.10. The first-order valence-electron chi connectivity index (χ1n) is 9.80. The predicted octanol–water partition coefficient (Wildman–Crippen LogP) is 2.11. The summed E-state index contributed by atoms with van der Waals surface area (Å²) in [5.74, 6) is 0.488. The minimum Gasteiger partial charge on any atom is -0.352 e. The van der Waals surface area contributed by atoms with Crippen LogP contribution in [0.15, 0.2) is 58.4 Å². The van der Waals surface area contributed by atoms with E-state index in [1.807, 2.05) is 43.3 Å². The molecule has 7 nitrogen and oxygen atoms in total. The maximum atomic E-state index is 12.6. The Morgan fingerprint density at radius 3 is 2.33 bits per heavy atom. The van der Waals surface area contributed by atoms with Gasteiger partial charge >= 0.3 is 0 Å². The lowest BCUT2D eigenvalue weighted by Gasteiger charge is -2.22. The van der Waals surface area contributed by atoms with E-state index in [4.69, 9.17) is 0 Å². The van der Waals surface area contributed by atoms with E-state index in [1.165, 1.54) is 6.26 Å². The lowest BCUT2D eigenvalue weighted by atomic mass is 10.1. The monoisotopic (exact) mass is 430 g/mol. The smallest absolute Gasteiger partial charge is 0.242 e. The van der Waals surface area contributed by atoms with Gasteiger partial charge in [-0.25, -0.2) is 8.42 Å². The van der Waals surface area contributed by atoms with Crippen LogP contribution in [0.4, 0.5) is 0 Å². The zero-order valence-electron chi connectivity index (χ0n) is 18.0. The fourth-order valence-corrected chi connectivity index (χ4v) is 4.05. The summed E-state index contributed by atoms with van der Waals surface area (Å²) in [6.07, 6.45) is 1.20. The number of aryl methyl sites for hydroxylation is 1. The number of guanidine groups is 1. The number of likely N-dealkylation sites (N-methyl/N-ethyl adjacent to an activating group) is 1. The number of sulfone groups is 1. The first-order chi connectivity index (χ1) is 14.2. The number of nitrogens with one attached hydrogen (secondary N) is 2. The maximum Gasteiger partial charge on any atom is 0.242 e. The minimum atomic E-state index is -3.24. The molecule has 0 aliphatic carbocycles. The van der Waals surface area contributed by atoms with Crippen molar-refractivity contribution >= 4 is 21.7 Å². The van der Waals surface area contributed by atoms with E-state index >= 15 is 0 Å². The van der Waals surface area contributed by atoms with Gasteiger partial charge in [-0.15, -0.1) is 0 Å². The van der Waals surface area contributed by atoms with Crippen molar-refractivity contribution in [3.63, 3.8) is 0 Å². The predicted molar refractivity (Wildman–Crippen MR) is 120 cm³/mol. The van der Waals surface area contributed by atoms with Gasteiger partial charge in [0.25, 0.3) is 0 Å². The van der Waals surface area contributed by atoms with Crippen LogP contribution >= 0.6 is 0 Å². The van der Waals surface area contributed by atoms with E-state index < -0.39 is 9.84 Å². The zero-order chi connectivity index (χ0) is 22.1. The van der Waals surface area contributed by atoms with Crippen LogP contribution in [0.5, 0.6) is 0 Å². The third-order valence-corrected chi connectivity index (χ3v) is 5.94. The molecule has 1 amide bonds. The van der Waals surface area contributed by atoms with Crippen molar-refractivity contribution in [1.29, 1.82) is 0 Å². The van der Waals surface area contributed by atoms with Crippen LogP contribution < -0.4 is 10.6 Å². The summed E-state index contributed by atoms with van der Waals surface area (Å²) in [4.78, 5) is 18.8. The molecule has 162 valence electrons. The van der Waals surface area contributed by atoms with Crippen LogP contribution in [-0.2, 0) is 27.7 Å². The van der Waals surface area contributed by atoms with E-state index in [0.29, 0.717) is 36.1 Å². The molecule has 0 radical (unpaired) electrons. The summed E-state index contributed by atoms with van der Waals surface area (Å²) in [6, 6.07) is 15.1. The van der Waals surface area contributed by atoms with Gasteiger partial charge in [-0.3, -0.25) is 9.79 Å². The molecule has 0 fully saturated rings. The number of benzene rings is 2. The van der Waals surface area contributed by atoms with Crippen molar-refractivity contribution in [2.24, 2.45) is 4.99 Å². The van der Waals surface area contributed by atoms with E-state index in [1.54, 1.807) is 31.0 Å². The van der Waals surface area contributed by atoms with Gasteiger partial charge in [-0.2, -0.15) is 0 Å². The van der Waals surface area contributed by atoms with E-state index in [0.717, 1.165) is 11.1 Å². The molecule has 0 saturated heterocycles. The van der Waals surface area contributed by atoms with Crippen molar-refractivity contribution in [2.45, 2.75) is 31.8 Å². The van der Waals surface area contributed by atoms with Gasteiger partial charge in [0.2, 0.25) is 5.91 Å². The summed E-state index contributed by atoms with van der Waals surface area (Å²) < 4.78 is 23.5. The lowest BCUT2D eigenvalue weighted by molar-refractivity contribution is -0.130. The number of carbonyl (C=O) groups excluding carboxylic acids is 1. The molecule has 2 N–H and O–H groups in total. The Balaban J connectivity index is 1.90. The quantitative estimate of drug-likeness (QED) is 0.494. The zero-order valence-corrected chi connectivity index (χ0v) is 18.8. The lowest BCUT2D eigenvalue weighted by Crippen LogP contribution is -2.44. The maximum absolute atomic E-state index is 12.6. The molecular weight excluding hydrogens is 400 g/mol. The third-order valence-electron chi connectivity index (χ3n) is 4.68. The van der Waals surface area contributed by atoms with Crippen molar-refractivity contribution in [2.75, 3.05) is 26.4 Å². The number of nitrogens with zero attached hydrogens (tertiary/aromatic N) is 2. The molecule has 0 aromatic heterocycles. The average molecular weight is 431 g/mol. The van der Waals surface area contributed by atoms with Gasteiger partial charge in [0.05, 0.1) is 11.4 Å². The highest BCUT2D eigenvalue weighted by Gasteiger charge is 2.13. The highest BCUT2D eigenvalue weighted by Crippen LogP contribution is 2.16. The SMILES string of the molecule is CCN(Cc1ccccc1)C(=O)CNC(=NC)NCc1ccc(S(C)(=O)=O)c(C)c1. The number of rotatable bonds is 8. The normalized spacial score (nSPS) is 11.8. The molecule has 2 rings (SSSR count). The number of aliphatic imine (C=N–C) groups is 1. The van der Waals surface area contributed by atoms with Crippen molar-refractivity contribution in [1.82, 2.24) is 15.5 Å². The molecule has 0 spiro atoms. The molecule has 2 aromatic rings. The molecular formula is C22H30N4O3S. The molecule has 0 aliphatic rings. The standard InChI is InChI=1S/C22H30N4O3S/c1-5-26(16-18-9-7-6-8-10-18)21(27)15-25-22(23-3)24-14-19-11-12-20(17(2)13-19)30(4,28)29/h6-13H,5,14-16H2,1-4H3,(H2,23,24,25). The molecule has 0 bridgehead atoms. The number of carbonyl (C=O) groups is 1. The molecule has 0 unspecified atom stereocenters. The third kappa shape index (κ3) is 6.88. The average Bonchev–Trinajstić information content (AvgIpc) is 2.71. The van der Waals surface area contributed by atoms with Crippen LogP contribution in [0.1, 0.15) is 23.6 Å². The van der Waals surface area contributed by atoms with Gasteiger partial charge in [-0.1, -0.05) is 42.5 Å². The van der Waals surface area contributed by atoms with Gasteiger partial charge in [0.15, 0.2) is 15.8 Å². The summed E-state index contributed by atoms with van der Waals surface area (Å²) in [5.41, 5.74) is 2.71. The molecule has 30 heavy (non-hydrogen) atoms. The van der Waals surface area contributed by atoms with Gasteiger partial charge < -0.3 is 15.5 Å². The Morgan fingerprint density at radius 1 is 1.07 bits per heavy atom. The number of hydrogen-bond acceptors (Lipinski definition) is 4. The van der Waals surface area contributed by atoms with Crippen LogP contribution in [0.25, 0.3) is 0 Å². The van der Waals surface area contributed by atoms with Crippen molar-refractivity contribution < 1.29 is 13.2 Å². The Hall–Kier alpha value is -2.87. The Labute approximate surface area is 179 Å². The molecule has 0 heterocycles. The van der Waals surface area contributed by atoms with Crippen LogP contribution in [0, 0.1) is 6.92 Å². The highest BCUT2D eigenvalue weighted by molar-refractivity contribution is 7.90. The number of amides is 1. The Kier molecular flexibility index (Phi) is 8.41. The largest absolute Gasteiger partial charge is 0.352 e. The molecule has 0 saturated carbocycles. The summed E-state index contributed by atoms with van der Waals surface area (Å²) in [5, 5.41) is 6.19. The topological polar surface area (TPSA) is 90.9 Å². The Bertz CT molecular complexity index is 989. The second-order valence-corrected chi connectivity index (χ2v) is 9.03. The van der Waals surface area contributed by atoms with E-state index in [9.17, 15) is 13.2 Å². The van der Waals surface area contributed by atoms with Gasteiger partial charge in [0.1, 0.15) is 0 Å². The first kappa shape index (κ1) is 23.4. The molecule has 0 atom stereocenters. The summed E-state index contributed by atoms with van der Waals surface area (Å²) in [7, 11) is -1.60. The fraction of sp³-hybridized carbons (Fsp3) is 0.364. The van der Waals surface area contributed by atoms with Gasteiger partial charge in [0, 0.05) is 32.9 Å². The van der Waals surface area contributed by atoms with Crippen molar-refractivity contribution in [3.8, 4) is 0 Å². The first-order valence-corrected chi connectivity index (χ1v) is 11.7. The van der Waals surface area contributed by atoms with E-state index in [-0.39, 0.29) is 12.5 Å². The second kappa shape index (κ2) is 10.8. The summed E-state index contributed by atoms with van der Waals surface area (Å²) >= 11 is 0. The van der Waals surface area contributed by atoms with Crippen LogP contribution in [-0.4, -0.2) is 51.6 Å². The van der Waals surface area contributed by atoms with Gasteiger partial charge in [-0.05, 0) is 36.6 Å². The minimum absolute atomic E-state index is 0.0161. The summed E-state index contributed by atoms with van der Waals surface area (Å²) in [6.45, 7) is 5.50. The second-order valence-electron chi connectivity index (χ2n) is 7.04. The van der Waals surface area contributed by atoms with Crippen LogP contribution in [0.2, 0.25) is 0 Å². The molecule has 2 aromatic carbocycles.